The second kappa shape index (κ2) is 13.7. The molecule has 0 unspecified atom stereocenters. The van der Waals surface area contributed by atoms with Crippen molar-refractivity contribution >= 4 is 35.8 Å². The van der Waals surface area contributed by atoms with Gasteiger partial charge >= 0.3 is 0 Å². The van der Waals surface area contributed by atoms with Crippen molar-refractivity contribution in [1.82, 2.24) is 15.5 Å². The first-order valence-electron chi connectivity index (χ1n) is 9.55. The maximum Gasteiger partial charge on any atom is 0.253 e. The Labute approximate surface area is 195 Å². The maximum absolute atomic E-state index is 11.9. The number of hydrogen-bond donors (Lipinski definition) is 2. The summed E-state index contributed by atoms with van der Waals surface area (Å²) < 4.78 is 10.9. The molecule has 0 spiro atoms. The van der Waals surface area contributed by atoms with Crippen LogP contribution in [0.3, 0.4) is 0 Å². The molecular formula is C22H31IN4O3. The number of aliphatic imine (C=N–C) groups is 1. The Bertz CT molecular complexity index is 810. The molecule has 0 saturated heterocycles. The number of methoxy groups -OCH3 is 1. The van der Waals surface area contributed by atoms with Crippen LogP contribution in [0.2, 0.25) is 0 Å². The van der Waals surface area contributed by atoms with Crippen LogP contribution in [-0.2, 0) is 6.54 Å². The molecular weight excluding hydrogens is 495 g/mol. The van der Waals surface area contributed by atoms with Crippen molar-refractivity contribution in [3.05, 3.63) is 59.7 Å². The zero-order valence-electron chi connectivity index (χ0n) is 18.0. The lowest BCUT2D eigenvalue weighted by atomic mass is 10.1. The molecule has 8 heteroatoms. The molecule has 0 bridgehead atoms. The minimum atomic E-state index is -0.00171. The summed E-state index contributed by atoms with van der Waals surface area (Å²) in [6.45, 7) is 1.95. The number of halogens is 1. The van der Waals surface area contributed by atoms with Crippen molar-refractivity contribution in [3.8, 4) is 11.5 Å². The van der Waals surface area contributed by atoms with Crippen molar-refractivity contribution in [1.29, 1.82) is 0 Å². The SMILES string of the molecule is CN=C(NCCCOc1cccc(OC)c1)NCc1ccc(C(=O)N(C)C)cc1.I. The smallest absolute Gasteiger partial charge is 0.253 e. The second-order valence-electron chi connectivity index (χ2n) is 6.63. The Morgan fingerprint density at radius 3 is 2.40 bits per heavy atom. The summed E-state index contributed by atoms with van der Waals surface area (Å²) in [6, 6.07) is 15.1. The van der Waals surface area contributed by atoms with E-state index in [0.717, 1.165) is 36.0 Å². The van der Waals surface area contributed by atoms with Gasteiger partial charge in [0.15, 0.2) is 5.96 Å². The van der Waals surface area contributed by atoms with Crippen molar-refractivity contribution < 1.29 is 14.3 Å². The minimum Gasteiger partial charge on any atom is -0.497 e. The standard InChI is InChI=1S/C22H30N4O3.HI/c1-23-22(24-13-6-14-29-20-8-5-7-19(15-20)28-4)25-16-17-9-11-18(12-10-17)21(27)26(2)3;/h5,7-12,15H,6,13-14,16H2,1-4H3,(H2,23,24,25);1H. The number of rotatable bonds is 9. The van der Waals surface area contributed by atoms with Crippen LogP contribution in [0.5, 0.6) is 11.5 Å². The van der Waals surface area contributed by atoms with E-state index in [2.05, 4.69) is 15.6 Å². The molecule has 0 aliphatic carbocycles. The van der Waals surface area contributed by atoms with Crippen molar-refractivity contribution in [2.45, 2.75) is 13.0 Å². The molecule has 0 heterocycles. The van der Waals surface area contributed by atoms with Crippen molar-refractivity contribution in [2.75, 3.05) is 41.4 Å². The lowest BCUT2D eigenvalue weighted by Crippen LogP contribution is -2.37. The molecule has 2 aromatic rings. The van der Waals surface area contributed by atoms with E-state index in [1.54, 1.807) is 33.2 Å². The first kappa shape index (κ1) is 25.5. The lowest BCUT2D eigenvalue weighted by Gasteiger charge is -2.13. The lowest BCUT2D eigenvalue weighted by molar-refractivity contribution is 0.0827. The third kappa shape index (κ3) is 8.48. The number of nitrogens with one attached hydrogen (secondary N) is 2. The second-order valence-corrected chi connectivity index (χ2v) is 6.63. The van der Waals surface area contributed by atoms with Gasteiger partial charge in [0.05, 0.1) is 13.7 Å². The predicted octanol–water partition coefficient (Wildman–Crippen LogP) is 3.15. The van der Waals surface area contributed by atoms with Gasteiger partial charge in [-0.2, -0.15) is 0 Å². The number of nitrogens with zero attached hydrogens (tertiary/aromatic N) is 2. The molecule has 2 aromatic carbocycles. The third-order valence-corrected chi connectivity index (χ3v) is 4.21. The van der Waals surface area contributed by atoms with Gasteiger partial charge in [0.25, 0.3) is 5.91 Å². The summed E-state index contributed by atoms with van der Waals surface area (Å²) in [5, 5.41) is 6.53. The van der Waals surface area contributed by atoms with E-state index >= 15 is 0 Å². The van der Waals surface area contributed by atoms with Gasteiger partial charge in [0.1, 0.15) is 11.5 Å². The number of carbonyl (C=O) groups is 1. The zero-order valence-corrected chi connectivity index (χ0v) is 20.3. The van der Waals surface area contributed by atoms with Gasteiger partial charge in [-0.1, -0.05) is 18.2 Å². The topological polar surface area (TPSA) is 75.2 Å². The summed E-state index contributed by atoms with van der Waals surface area (Å²) in [5.41, 5.74) is 1.75. The van der Waals surface area contributed by atoms with Gasteiger partial charge in [0, 0.05) is 45.9 Å². The number of ether oxygens (including phenoxy) is 2. The molecule has 0 saturated carbocycles. The van der Waals surface area contributed by atoms with Gasteiger partial charge in [-0.25, -0.2) is 0 Å². The Morgan fingerprint density at radius 1 is 1.07 bits per heavy atom. The van der Waals surface area contributed by atoms with Crippen molar-refractivity contribution in [3.63, 3.8) is 0 Å². The van der Waals surface area contributed by atoms with Gasteiger partial charge in [-0.15, -0.1) is 24.0 Å². The predicted molar refractivity (Wildman–Crippen MR) is 131 cm³/mol. The average molecular weight is 526 g/mol. The van der Waals surface area contributed by atoms with Gasteiger partial charge in [0.2, 0.25) is 0 Å². The molecule has 1 amide bonds. The highest BCUT2D eigenvalue weighted by molar-refractivity contribution is 14.0. The van der Waals surface area contributed by atoms with Crippen LogP contribution < -0.4 is 20.1 Å². The minimum absolute atomic E-state index is 0. The Balaban J connectivity index is 0.00000450. The van der Waals surface area contributed by atoms with E-state index in [4.69, 9.17) is 9.47 Å². The normalized spacial score (nSPS) is 10.6. The van der Waals surface area contributed by atoms with Gasteiger partial charge < -0.3 is 25.0 Å². The van der Waals surface area contributed by atoms with Crippen LogP contribution in [0.25, 0.3) is 0 Å². The van der Waals surface area contributed by atoms with Crippen LogP contribution in [-0.4, -0.2) is 58.2 Å². The highest BCUT2D eigenvalue weighted by Crippen LogP contribution is 2.18. The Morgan fingerprint density at radius 2 is 1.77 bits per heavy atom. The fourth-order valence-corrected chi connectivity index (χ4v) is 2.59. The summed E-state index contributed by atoms with van der Waals surface area (Å²) in [4.78, 5) is 17.7. The van der Waals surface area contributed by atoms with E-state index in [1.807, 2.05) is 48.5 Å². The third-order valence-electron chi connectivity index (χ3n) is 4.21. The molecule has 30 heavy (non-hydrogen) atoms. The Hall–Kier alpha value is -2.49. The molecule has 0 atom stereocenters. The fraction of sp³-hybridized carbons (Fsp3) is 0.364. The summed E-state index contributed by atoms with van der Waals surface area (Å²) in [5.74, 6) is 2.30. The summed E-state index contributed by atoms with van der Waals surface area (Å²) >= 11 is 0. The summed E-state index contributed by atoms with van der Waals surface area (Å²) in [6.07, 6.45) is 0.833. The van der Waals surface area contributed by atoms with Crippen LogP contribution in [0.1, 0.15) is 22.3 Å². The average Bonchev–Trinajstić information content (AvgIpc) is 2.75. The molecule has 0 radical (unpaired) electrons. The highest BCUT2D eigenvalue weighted by Gasteiger charge is 2.07. The zero-order chi connectivity index (χ0) is 21.1. The molecule has 0 fully saturated rings. The van der Waals surface area contributed by atoms with E-state index < -0.39 is 0 Å². The van der Waals surface area contributed by atoms with E-state index in [9.17, 15) is 4.79 Å². The first-order chi connectivity index (χ1) is 14.0. The number of hydrogen-bond acceptors (Lipinski definition) is 4. The van der Waals surface area contributed by atoms with Crippen LogP contribution >= 0.6 is 24.0 Å². The van der Waals surface area contributed by atoms with Crippen molar-refractivity contribution in [2.24, 2.45) is 4.99 Å². The number of benzene rings is 2. The molecule has 2 rings (SSSR count). The monoisotopic (exact) mass is 526 g/mol. The first-order valence-corrected chi connectivity index (χ1v) is 9.55. The van der Waals surface area contributed by atoms with E-state index in [1.165, 1.54) is 0 Å². The van der Waals surface area contributed by atoms with E-state index in [-0.39, 0.29) is 29.9 Å². The van der Waals surface area contributed by atoms with Crippen LogP contribution in [0.15, 0.2) is 53.5 Å². The van der Waals surface area contributed by atoms with Crippen LogP contribution in [0.4, 0.5) is 0 Å². The van der Waals surface area contributed by atoms with Crippen LogP contribution in [0, 0.1) is 0 Å². The van der Waals surface area contributed by atoms with E-state index in [0.29, 0.717) is 18.7 Å². The van der Waals surface area contributed by atoms with Gasteiger partial charge in [-0.05, 0) is 36.2 Å². The molecule has 7 nitrogen and oxygen atoms in total. The number of carbonyl (C=O) groups excluding carboxylic acids is 1. The molecule has 0 aliphatic heterocycles. The number of amides is 1. The molecule has 164 valence electrons. The quantitative estimate of drug-likeness (QED) is 0.227. The molecule has 0 aliphatic rings. The molecule has 0 aromatic heterocycles. The van der Waals surface area contributed by atoms with Gasteiger partial charge in [-0.3, -0.25) is 9.79 Å². The fourth-order valence-electron chi connectivity index (χ4n) is 2.59. The summed E-state index contributed by atoms with van der Waals surface area (Å²) in [7, 11) is 6.87. The Kier molecular flexibility index (Phi) is 11.7. The number of guanidine groups is 1. The highest BCUT2D eigenvalue weighted by atomic mass is 127. The maximum atomic E-state index is 11.9. The molecule has 2 N–H and O–H groups in total. The largest absolute Gasteiger partial charge is 0.497 e.